The highest BCUT2D eigenvalue weighted by atomic mass is 15.3. The van der Waals surface area contributed by atoms with E-state index >= 15 is 0 Å². The molecular formula is C21H29N5. The van der Waals surface area contributed by atoms with E-state index in [2.05, 4.69) is 63.9 Å². The number of piperidine rings is 1. The summed E-state index contributed by atoms with van der Waals surface area (Å²) < 4.78 is 0. The van der Waals surface area contributed by atoms with E-state index in [4.69, 9.17) is 4.98 Å². The summed E-state index contributed by atoms with van der Waals surface area (Å²) in [6.07, 6.45) is 4.51. The van der Waals surface area contributed by atoms with E-state index in [9.17, 15) is 0 Å². The van der Waals surface area contributed by atoms with Crippen LogP contribution in [0, 0.1) is 12.8 Å². The van der Waals surface area contributed by atoms with Crippen molar-refractivity contribution < 1.29 is 0 Å². The summed E-state index contributed by atoms with van der Waals surface area (Å²) in [7, 11) is 0. The molecule has 0 aliphatic carbocycles. The molecule has 2 aromatic rings. The smallest absolute Gasteiger partial charge is 0.227 e. The van der Waals surface area contributed by atoms with Crippen molar-refractivity contribution in [2.24, 2.45) is 5.92 Å². The van der Waals surface area contributed by atoms with Crippen molar-refractivity contribution in [1.29, 1.82) is 0 Å². The minimum Gasteiger partial charge on any atom is -0.368 e. The summed E-state index contributed by atoms with van der Waals surface area (Å²) >= 11 is 0. The highest BCUT2D eigenvalue weighted by molar-refractivity contribution is 5.51. The van der Waals surface area contributed by atoms with E-state index in [1.54, 1.807) is 0 Å². The Balaban J connectivity index is 1.42. The Hall–Kier alpha value is -2.30. The van der Waals surface area contributed by atoms with Crippen molar-refractivity contribution in [2.75, 3.05) is 54.0 Å². The maximum Gasteiger partial charge on any atom is 0.227 e. The first-order valence-corrected chi connectivity index (χ1v) is 9.83. The Bertz CT molecular complexity index is 739. The molecule has 3 heterocycles. The van der Waals surface area contributed by atoms with E-state index in [1.165, 1.54) is 24.1 Å². The fourth-order valence-corrected chi connectivity index (χ4v) is 4.05. The highest BCUT2D eigenvalue weighted by Gasteiger charge is 2.22. The van der Waals surface area contributed by atoms with Gasteiger partial charge in [0.05, 0.1) is 0 Å². The van der Waals surface area contributed by atoms with Crippen LogP contribution in [-0.2, 0) is 0 Å². The van der Waals surface area contributed by atoms with Gasteiger partial charge < -0.3 is 14.7 Å². The van der Waals surface area contributed by atoms with Gasteiger partial charge in [0.2, 0.25) is 5.95 Å². The van der Waals surface area contributed by atoms with Crippen molar-refractivity contribution in [3.05, 3.63) is 42.1 Å². The fraction of sp³-hybridized carbons (Fsp3) is 0.524. The van der Waals surface area contributed by atoms with Crippen LogP contribution in [0.4, 0.5) is 17.5 Å². The topological polar surface area (TPSA) is 35.5 Å². The lowest BCUT2D eigenvalue weighted by Crippen LogP contribution is -2.47. The van der Waals surface area contributed by atoms with Gasteiger partial charge in [-0.15, -0.1) is 0 Å². The molecule has 1 aromatic heterocycles. The molecule has 138 valence electrons. The lowest BCUT2D eigenvalue weighted by atomic mass is 10.0. The van der Waals surface area contributed by atoms with Gasteiger partial charge in [-0.2, -0.15) is 4.98 Å². The van der Waals surface area contributed by atoms with Crippen molar-refractivity contribution in [3.8, 4) is 0 Å². The molecule has 0 saturated carbocycles. The average Bonchev–Trinajstić information content (AvgIpc) is 2.68. The van der Waals surface area contributed by atoms with Crippen LogP contribution in [0.2, 0.25) is 0 Å². The maximum atomic E-state index is 4.89. The molecule has 0 bridgehead atoms. The summed E-state index contributed by atoms with van der Waals surface area (Å²) in [6.45, 7) is 10.7. The third kappa shape index (κ3) is 3.76. The zero-order chi connectivity index (χ0) is 17.9. The SMILES string of the molecule is Cc1cccc(N2CCN(c3nccc(N4CCCC(C)C4)n3)CC2)c1. The predicted molar refractivity (Wildman–Crippen MR) is 108 cm³/mol. The molecule has 1 aromatic carbocycles. The molecule has 2 saturated heterocycles. The molecular weight excluding hydrogens is 322 g/mol. The monoisotopic (exact) mass is 351 g/mol. The Morgan fingerprint density at radius 1 is 0.962 bits per heavy atom. The standard InChI is InChI=1S/C21H29N5/c1-17-5-3-7-19(15-17)24-11-13-25(14-12-24)21-22-9-8-20(23-21)26-10-4-6-18(2)16-26/h3,5,7-9,15,18H,4,6,10-14,16H2,1-2H3. The first kappa shape index (κ1) is 17.1. The van der Waals surface area contributed by atoms with Gasteiger partial charge in [0.25, 0.3) is 0 Å². The molecule has 26 heavy (non-hydrogen) atoms. The maximum absolute atomic E-state index is 4.89. The van der Waals surface area contributed by atoms with E-state index in [0.29, 0.717) is 0 Å². The Morgan fingerprint density at radius 2 is 1.77 bits per heavy atom. The van der Waals surface area contributed by atoms with Gasteiger partial charge in [-0.3, -0.25) is 0 Å². The molecule has 2 fully saturated rings. The first-order valence-electron chi connectivity index (χ1n) is 9.83. The number of rotatable bonds is 3. The molecule has 0 radical (unpaired) electrons. The summed E-state index contributed by atoms with van der Waals surface area (Å²) in [5, 5.41) is 0. The summed E-state index contributed by atoms with van der Waals surface area (Å²) in [5.41, 5.74) is 2.64. The van der Waals surface area contributed by atoms with Crippen LogP contribution in [0.3, 0.4) is 0 Å². The molecule has 5 heteroatoms. The van der Waals surface area contributed by atoms with E-state index in [1.807, 2.05) is 6.20 Å². The second-order valence-corrected chi connectivity index (χ2v) is 7.72. The number of piperazine rings is 1. The van der Waals surface area contributed by atoms with Gasteiger partial charge in [0.15, 0.2) is 0 Å². The Labute approximate surface area is 156 Å². The van der Waals surface area contributed by atoms with Crippen molar-refractivity contribution in [1.82, 2.24) is 9.97 Å². The first-order chi connectivity index (χ1) is 12.7. The Kier molecular flexibility index (Phi) is 4.96. The van der Waals surface area contributed by atoms with Crippen LogP contribution < -0.4 is 14.7 Å². The zero-order valence-corrected chi connectivity index (χ0v) is 15.9. The van der Waals surface area contributed by atoms with Crippen molar-refractivity contribution >= 4 is 17.5 Å². The van der Waals surface area contributed by atoms with Gasteiger partial charge in [-0.05, 0) is 49.4 Å². The second-order valence-electron chi connectivity index (χ2n) is 7.72. The number of anilines is 3. The van der Waals surface area contributed by atoms with Crippen molar-refractivity contribution in [2.45, 2.75) is 26.7 Å². The summed E-state index contributed by atoms with van der Waals surface area (Å²) in [4.78, 5) is 16.6. The van der Waals surface area contributed by atoms with E-state index < -0.39 is 0 Å². The number of aromatic nitrogens is 2. The van der Waals surface area contributed by atoms with E-state index in [-0.39, 0.29) is 0 Å². The van der Waals surface area contributed by atoms with Gasteiger partial charge in [-0.25, -0.2) is 4.98 Å². The largest absolute Gasteiger partial charge is 0.368 e. The van der Waals surface area contributed by atoms with Gasteiger partial charge >= 0.3 is 0 Å². The van der Waals surface area contributed by atoms with Gasteiger partial charge in [0, 0.05) is 51.2 Å². The third-order valence-corrected chi connectivity index (χ3v) is 5.54. The molecule has 4 rings (SSSR count). The molecule has 1 unspecified atom stereocenters. The molecule has 5 nitrogen and oxygen atoms in total. The Morgan fingerprint density at radius 3 is 2.54 bits per heavy atom. The van der Waals surface area contributed by atoms with Crippen molar-refractivity contribution in [3.63, 3.8) is 0 Å². The molecule has 2 aliphatic heterocycles. The normalized spacial score (nSPS) is 21.2. The number of benzene rings is 1. The number of hydrogen-bond acceptors (Lipinski definition) is 5. The number of aryl methyl sites for hydroxylation is 1. The molecule has 2 aliphatic rings. The van der Waals surface area contributed by atoms with Crippen LogP contribution in [0.5, 0.6) is 0 Å². The fourth-order valence-electron chi connectivity index (χ4n) is 4.05. The molecule has 0 amide bonds. The van der Waals surface area contributed by atoms with Crippen LogP contribution >= 0.6 is 0 Å². The number of hydrogen-bond donors (Lipinski definition) is 0. The highest BCUT2D eigenvalue weighted by Crippen LogP contribution is 2.24. The van der Waals surface area contributed by atoms with Gasteiger partial charge in [0.1, 0.15) is 5.82 Å². The molecule has 0 spiro atoms. The van der Waals surface area contributed by atoms with Crippen LogP contribution in [0.15, 0.2) is 36.5 Å². The predicted octanol–water partition coefficient (Wildman–Crippen LogP) is 3.35. The average molecular weight is 351 g/mol. The van der Waals surface area contributed by atoms with Gasteiger partial charge in [-0.1, -0.05) is 19.1 Å². The van der Waals surface area contributed by atoms with Crippen LogP contribution in [0.1, 0.15) is 25.3 Å². The lowest BCUT2D eigenvalue weighted by Gasteiger charge is -2.37. The minimum atomic E-state index is 0.750. The zero-order valence-electron chi connectivity index (χ0n) is 15.9. The summed E-state index contributed by atoms with van der Waals surface area (Å²) in [6, 6.07) is 10.8. The lowest BCUT2D eigenvalue weighted by molar-refractivity contribution is 0.444. The molecule has 0 N–H and O–H groups in total. The third-order valence-electron chi connectivity index (χ3n) is 5.54. The molecule has 1 atom stereocenters. The van der Waals surface area contributed by atoms with Crippen LogP contribution in [0.25, 0.3) is 0 Å². The minimum absolute atomic E-state index is 0.750. The number of nitrogens with zero attached hydrogens (tertiary/aromatic N) is 5. The van der Waals surface area contributed by atoms with E-state index in [0.717, 1.165) is 57.0 Å². The quantitative estimate of drug-likeness (QED) is 0.847. The second kappa shape index (κ2) is 7.52. The summed E-state index contributed by atoms with van der Waals surface area (Å²) in [5.74, 6) is 2.72. The van der Waals surface area contributed by atoms with Crippen LogP contribution in [-0.4, -0.2) is 49.2 Å².